The van der Waals surface area contributed by atoms with E-state index in [-0.39, 0.29) is 24.4 Å². The number of methoxy groups -OCH3 is 2. The van der Waals surface area contributed by atoms with Gasteiger partial charge in [0.2, 0.25) is 0 Å². The molecule has 1 aliphatic carbocycles. The molecule has 0 aromatic heterocycles. The molecule has 1 aromatic rings. The number of ether oxygens (including phenoxy) is 2. The highest BCUT2D eigenvalue weighted by Gasteiger charge is 2.42. The maximum Gasteiger partial charge on any atom is 0.257 e. The van der Waals surface area contributed by atoms with E-state index in [2.05, 4.69) is 0 Å². The van der Waals surface area contributed by atoms with Crippen LogP contribution in [0.3, 0.4) is 0 Å². The number of carbonyl (C=O) groups is 1. The van der Waals surface area contributed by atoms with Crippen molar-refractivity contribution in [3.8, 4) is 11.5 Å². The normalized spacial score (nSPS) is 26.3. The van der Waals surface area contributed by atoms with Crippen molar-refractivity contribution in [3.63, 3.8) is 0 Å². The number of hydrogen-bond donors (Lipinski definition) is 1. The second-order valence-electron chi connectivity index (χ2n) is 5.94. The number of fused-ring (bicyclic) bond motifs is 1. The number of halogens is 1. The Hall–Kier alpha value is -1.46. The summed E-state index contributed by atoms with van der Waals surface area (Å²) >= 11 is 0. The largest absolute Gasteiger partial charge is 0.497 e. The molecule has 5 nitrogen and oxygen atoms in total. The summed E-state index contributed by atoms with van der Waals surface area (Å²) in [6, 6.07) is 5.55. The highest BCUT2D eigenvalue weighted by molar-refractivity contribution is 5.97. The fourth-order valence-electron chi connectivity index (χ4n) is 3.62. The molecule has 1 saturated heterocycles. The SMILES string of the molecule is COc1ccc(OC)c(C(=O)N2CC3CCC(N)C3C2)c1.Cl. The van der Waals surface area contributed by atoms with Crippen molar-refractivity contribution >= 4 is 18.3 Å². The minimum absolute atomic E-state index is 0. The quantitative estimate of drug-likeness (QED) is 0.922. The van der Waals surface area contributed by atoms with Crippen LogP contribution < -0.4 is 15.2 Å². The van der Waals surface area contributed by atoms with Crippen LogP contribution in [0, 0.1) is 11.8 Å². The van der Waals surface area contributed by atoms with Crippen LogP contribution in [0.4, 0.5) is 0 Å². The highest BCUT2D eigenvalue weighted by atomic mass is 35.5. The average molecular weight is 327 g/mol. The minimum atomic E-state index is 0. The zero-order valence-electron chi connectivity index (χ0n) is 13.0. The Morgan fingerprint density at radius 2 is 2.00 bits per heavy atom. The average Bonchev–Trinajstić information content (AvgIpc) is 3.08. The van der Waals surface area contributed by atoms with Crippen LogP contribution in [0.5, 0.6) is 11.5 Å². The molecule has 122 valence electrons. The Labute approximate surface area is 137 Å². The van der Waals surface area contributed by atoms with Gasteiger partial charge in [0, 0.05) is 19.1 Å². The van der Waals surface area contributed by atoms with E-state index < -0.39 is 0 Å². The molecule has 3 unspecified atom stereocenters. The number of benzene rings is 1. The molecule has 6 heteroatoms. The van der Waals surface area contributed by atoms with E-state index in [1.165, 1.54) is 0 Å². The number of rotatable bonds is 3. The topological polar surface area (TPSA) is 64.8 Å². The van der Waals surface area contributed by atoms with Gasteiger partial charge in [-0.05, 0) is 42.9 Å². The molecule has 0 spiro atoms. The molecule has 1 amide bonds. The maximum absolute atomic E-state index is 12.8. The number of amides is 1. The molecule has 3 atom stereocenters. The monoisotopic (exact) mass is 326 g/mol. The van der Waals surface area contributed by atoms with Crippen LogP contribution in [-0.4, -0.2) is 44.2 Å². The van der Waals surface area contributed by atoms with Crippen molar-refractivity contribution in [2.75, 3.05) is 27.3 Å². The third-order valence-corrected chi connectivity index (χ3v) is 4.84. The van der Waals surface area contributed by atoms with E-state index >= 15 is 0 Å². The predicted octanol–water partition coefficient (Wildman–Crippen LogP) is 1.93. The molecule has 1 saturated carbocycles. The second kappa shape index (κ2) is 6.75. The van der Waals surface area contributed by atoms with Crippen LogP contribution >= 0.6 is 12.4 Å². The Balaban J connectivity index is 0.00000176. The summed E-state index contributed by atoms with van der Waals surface area (Å²) in [7, 11) is 3.17. The first-order chi connectivity index (χ1) is 10.1. The molecular formula is C16H23ClN2O3. The lowest BCUT2D eigenvalue weighted by Crippen LogP contribution is -2.33. The summed E-state index contributed by atoms with van der Waals surface area (Å²) in [5, 5.41) is 0. The summed E-state index contributed by atoms with van der Waals surface area (Å²) in [6.07, 6.45) is 2.21. The molecule has 2 fully saturated rings. The summed E-state index contributed by atoms with van der Waals surface area (Å²) in [5.74, 6) is 2.26. The van der Waals surface area contributed by atoms with Gasteiger partial charge in [-0.1, -0.05) is 0 Å². The van der Waals surface area contributed by atoms with Crippen molar-refractivity contribution in [2.45, 2.75) is 18.9 Å². The zero-order valence-corrected chi connectivity index (χ0v) is 13.8. The Morgan fingerprint density at radius 3 is 2.64 bits per heavy atom. The van der Waals surface area contributed by atoms with Crippen molar-refractivity contribution in [1.82, 2.24) is 4.90 Å². The van der Waals surface area contributed by atoms with Gasteiger partial charge in [-0.2, -0.15) is 0 Å². The molecule has 2 N–H and O–H groups in total. The van der Waals surface area contributed by atoms with E-state index in [1.807, 2.05) is 4.90 Å². The maximum atomic E-state index is 12.8. The van der Waals surface area contributed by atoms with Crippen molar-refractivity contribution in [2.24, 2.45) is 17.6 Å². The number of likely N-dealkylation sites (tertiary alicyclic amines) is 1. The molecule has 1 aliphatic heterocycles. The van der Waals surface area contributed by atoms with Gasteiger partial charge in [-0.15, -0.1) is 12.4 Å². The van der Waals surface area contributed by atoms with Gasteiger partial charge in [0.25, 0.3) is 5.91 Å². The number of carbonyl (C=O) groups excluding carboxylic acids is 1. The van der Waals surface area contributed by atoms with Crippen molar-refractivity contribution < 1.29 is 14.3 Å². The Bertz CT molecular complexity index is 552. The number of nitrogens with zero attached hydrogens (tertiary/aromatic N) is 1. The molecule has 3 rings (SSSR count). The molecule has 2 aliphatic rings. The van der Waals surface area contributed by atoms with E-state index in [0.29, 0.717) is 28.9 Å². The van der Waals surface area contributed by atoms with Crippen molar-refractivity contribution in [3.05, 3.63) is 23.8 Å². The zero-order chi connectivity index (χ0) is 15.0. The number of nitrogens with two attached hydrogens (primary N) is 1. The summed E-state index contributed by atoms with van der Waals surface area (Å²) < 4.78 is 10.5. The summed E-state index contributed by atoms with van der Waals surface area (Å²) in [5.41, 5.74) is 6.70. The third kappa shape index (κ3) is 2.88. The van der Waals surface area contributed by atoms with Crippen LogP contribution in [0.15, 0.2) is 18.2 Å². The van der Waals surface area contributed by atoms with Crippen LogP contribution in [0.2, 0.25) is 0 Å². The number of hydrogen-bond acceptors (Lipinski definition) is 4. The standard InChI is InChI=1S/C16H22N2O3.ClH/c1-20-11-4-6-15(21-2)12(7-11)16(19)18-8-10-3-5-14(17)13(10)9-18;/h4,6-7,10,13-14H,3,5,8-9,17H2,1-2H3;1H. The Morgan fingerprint density at radius 1 is 1.23 bits per heavy atom. The lowest BCUT2D eigenvalue weighted by molar-refractivity contribution is 0.0776. The van der Waals surface area contributed by atoms with E-state index in [4.69, 9.17) is 15.2 Å². The van der Waals surface area contributed by atoms with Gasteiger partial charge < -0.3 is 20.1 Å². The van der Waals surface area contributed by atoms with Gasteiger partial charge >= 0.3 is 0 Å². The van der Waals surface area contributed by atoms with Crippen LogP contribution in [-0.2, 0) is 0 Å². The first kappa shape index (κ1) is 16.9. The van der Waals surface area contributed by atoms with E-state index in [0.717, 1.165) is 25.9 Å². The van der Waals surface area contributed by atoms with Crippen molar-refractivity contribution in [1.29, 1.82) is 0 Å². The molecular weight excluding hydrogens is 304 g/mol. The lowest BCUT2D eigenvalue weighted by atomic mass is 9.98. The first-order valence-electron chi connectivity index (χ1n) is 7.41. The fraction of sp³-hybridized carbons (Fsp3) is 0.562. The van der Waals surface area contributed by atoms with E-state index in [1.54, 1.807) is 32.4 Å². The molecule has 0 bridgehead atoms. The summed E-state index contributed by atoms with van der Waals surface area (Å²) in [4.78, 5) is 14.7. The van der Waals surface area contributed by atoms with Gasteiger partial charge in [-0.25, -0.2) is 0 Å². The molecule has 0 radical (unpaired) electrons. The van der Waals surface area contributed by atoms with Gasteiger partial charge in [0.05, 0.1) is 19.8 Å². The first-order valence-corrected chi connectivity index (χ1v) is 7.41. The highest BCUT2D eigenvalue weighted by Crippen LogP contribution is 2.38. The van der Waals surface area contributed by atoms with Gasteiger partial charge in [0.15, 0.2) is 0 Å². The van der Waals surface area contributed by atoms with Crippen LogP contribution in [0.1, 0.15) is 23.2 Å². The fourth-order valence-corrected chi connectivity index (χ4v) is 3.62. The smallest absolute Gasteiger partial charge is 0.257 e. The third-order valence-electron chi connectivity index (χ3n) is 4.84. The summed E-state index contributed by atoms with van der Waals surface area (Å²) in [6.45, 7) is 1.56. The molecule has 1 aromatic carbocycles. The van der Waals surface area contributed by atoms with Gasteiger partial charge in [-0.3, -0.25) is 4.79 Å². The van der Waals surface area contributed by atoms with Gasteiger partial charge in [0.1, 0.15) is 11.5 Å². The predicted molar refractivity (Wildman–Crippen MR) is 86.9 cm³/mol. The second-order valence-corrected chi connectivity index (χ2v) is 5.94. The molecule has 22 heavy (non-hydrogen) atoms. The lowest BCUT2D eigenvalue weighted by Gasteiger charge is -2.20. The Kier molecular flexibility index (Phi) is 5.19. The minimum Gasteiger partial charge on any atom is -0.497 e. The van der Waals surface area contributed by atoms with Crippen LogP contribution in [0.25, 0.3) is 0 Å². The molecule has 1 heterocycles. The van der Waals surface area contributed by atoms with E-state index in [9.17, 15) is 4.79 Å².